The van der Waals surface area contributed by atoms with Gasteiger partial charge in [-0.3, -0.25) is 14.4 Å². The molecule has 2 saturated heterocycles. The van der Waals surface area contributed by atoms with E-state index in [1.54, 1.807) is 14.7 Å². The van der Waals surface area contributed by atoms with Crippen LogP contribution >= 0.6 is 0 Å². The first-order chi connectivity index (χ1) is 19.0. The number of unbranched alkanes of at least 4 members (excludes halogenated alkanes) is 2. The molecule has 39 heavy (non-hydrogen) atoms. The predicted octanol–water partition coefficient (Wildman–Crippen LogP) is 2.54. The number of benzene rings is 1. The first-order valence-corrected chi connectivity index (χ1v) is 14.2. The number of fused-ring (bicyclic) bond motifs is 2. The molecule has 2 fully saturated rings. The van der Waals surface area contributed by atoms with Crippen LogP contribution in [0.1, 0.15) is 39.5 Å². The quantitative estimate of drug-likeness (QED) is 0.364. The average molecular weight is 538 g/mol. The van der Waals surface area contributed by atoms with Gasteiger partial charge in [0, 0.05) is 38.5 Å². The highest BCUT2D eigenvalue weighted by Gasteiger charge is 2.71. The number of carbonyl (C=O) groups is 3. The molecule has 4 aliphatic rings. The van der Waals surface area contributed by atoms with Gasteiger partial charge >= 0.3 is 0 Å². The molecule has 0 radical (unpaired) electrons. The van der Waals surface area contributed by atoms with E-state index < -0.39 is 29.6 Å². The van der Waals surface area contributed by atoms with Gasteiger partial charge in [0.1, 0.15) is 17.4 Å². The number of hydrogen-bond acceptors (Lipinski definition) is 6. The van der Waals surface area contributed by atoms with Crippen molar-refractivity contribution in [2.24, 2.45) is 11.8 Å². The van der Waals surface area contributed by atoms with E-state index >= 15 is 0 Å². The molecule has 0 saturated carbocycles. The Balaban J connectivity index is 1.50. The van der Waals surface area contributed by atoms with Crippen molar-refractivity contribution in [2.45, 2.75) is 57.3 Å². The van der Waals surface area contributed by atoms with E-state index in [0.29, 0.717) is 38.3 Å². The summed E-state index contributed by atoms with van der Waals surface area (Å²) in [5, 5.41) is 9.55. The van der Waals surface area contributed by atoms with Crippen LogP contribution in [0.3, 0.4) is 0 Å². The van der Waals surface area contributed by atoms with Crippen LogP contribution in [0, 0.1) is 11.8 Å². The van der Waals surface area contributed by atoms with E-state index in [1.807, 2.05) is 55.5 Å². The third-order valence-electron chi connectivity index (χ3n) is 8.29. The number of amides is 3. The van der Waals surface area contributed by atoms with Crippen molar-refractivity contribution in [3.05, 3.63) is 48.6 Å². The van der Waals surface area contributed by atoms with Gasteiger partial charge in [-0.2, -0.15) is 0 Å². The summed E-state index contributed by atoms with van der Waals surface area (Å²) in [5.41, 5.74) is -0.524. The summed E-state index contributed by atoms with van der Waals surface area (Å²) in [6.45, 7) is 6.12. The summed E-state index contributed by atoms with van der Waals surface area (Å²) in [6.07, 6.45) is 10.2. The minimum atomic E-state index is -1.24. The van der Waals surface area contributed by atoms with Crippen LogP contribution in [0.2, 0.25) is 0 Å². The predicted molar refractivity (Wildman–Crippen MR) is 146 cm³/mol. The molecule has 9 nitrogen and oxygen atoms in total. The molecule has 0 aromatic heterocycles. The summed E-state index contributed by atoms with van der Waals surface area (Å²) in [4.78, 5) is 47.3. The molecular formula is C30H39N3O6. The van der Waals surface area contributed by atoms with Crippen molar-refractivity contribution in [3.63, 3.8) is 0 Å². The topological polar surface area (TPSA) is 99.6 Å². The summed E-state index contributed by atoms with van der Waals surface area (Å²) in [6, 6.07) is 6.49. The van der Waals surface area contributed by atoms with Gasteiger partial charge < -0.3 is 29.3 Å². The zero-order valence-electron chi connectivity index (χ0n) is 22.8. The third kappa shape index (κ3) is 4.76. The van der Waals surface area contributed by atoms with Gasteiger partial charge in [0.05, 0.1) is 24.5 Å². The first-order valence-electron chi connectivity index (χ1n) is 14.2. The lowest BCUT2D eigenvalue weighted by Gasteiger charge is -2.35. The number of aliphatic hydroxyl groups excluding tert-OH is 1. The van der Waals surface area contributed by atoms with Crippen molar-refractivity contribution in [3.8, 4) is 5.75 Å². The number of aliphatic hydroxyl groups is 1. The van der Waals surface area contributed by atoms with Gasteiger partial charge in [0.2, 0.25) is 17.7 Å². The second-order valence-electron chi connectivity index (χ2n) is 10.6. The van der Waals surface area contributed by atoms with Gasteiger partial charge in [-0.15, -0.1) is 0 Å². The van der Waals surface area contributed by atoms with E-state index in [-0.39, 0.29) is 30.9 Å². The third-order valence-corrected chi connectivity index (χ3v) is 8.29. The fourth-order valence-corrected chi connectivity index (χ4v) is 6.54. The van der Waals surface area contributed by atoms with Gasteiger partial charge in [-0.05, 0) is 44.0 Å². The Morgan fingerprint density at radius 2 is 1.77 bits per heavy atom. The van der Waals surface area contributed by atoms with E-state index in [9.17, 15) is 19.5 Å². The van der Waals surface area contributed by atoms with Gasteiger partial charge in [0.25, 0.3) is 0 Å². The van der Waals surface area contributed by atoms with Crippen LogP contribution in [-0.4, -0.2) is 89.8 Å². The molecule has 1 aromatic rings. The monoisotopic (exact) mass is 537 g/mol. The number of ether oxygens (including phenoxy) is 2. The molecule has 0 aliphatic carbocycles. The number of carbonyl (C=O) groups excluding carboxylic acids is 3. The highest BCUT2D eigenvalue weighted by molar-refractivity contribution is 6.03. The smallest absolute Gasteiger partial charge is 0.249 e. The van der Waals surface area contributed by atoms with Crippen LogP contribution in [0.15, 0.2) is 48.6 Å². The number of rotatable bonds is 10. The van der Waals surface area contributed by atoms with Crippen LogP contribution in [-0.2, 0) is 19.1 Å². The maximum absolute atomic E-state index is 14.2. The highest BCUT2D eigenvalue weighted by Crippen LogP contribution is 2.53. The van der Waals surface area contributed by atoms with Crippen LogP contribution in [0.4, 0.5) is 5.69 Å². The molecule has 0 bridgehead atoms. The standard InChI is InChI=1S/C30H39N3O6/c1-3-5-6-16-31-17-8-15-30-25(28(36)33(19-9-20-34)26(30)29(31)37)24-23(39-30)10-7-18-32(27(24)35)21-11-13-22(14-12-21)38-4-2/h7-8,10-15,23-26,34H,3-6,9,16-20H2,1-2H3/t23-,24+,25-,26?,30-/m0/s1. The number of nitrogens with zero attached hydrogens (tertiary/aromatic N) is 3. The molecule has 1 unspecified atom stereocenters. The fraction of sp³-hybridized carbons (Fsp3) is 0.567. The van der Waals surface area contributed by atoms with Crippen LogP contribution < -0.4 is 9.64 Å². The Kier molecular flexibility index (Phi) is 8.09. The van der Waals surface area contributed by atoms with Crippen molar-refractivity contribution >= 4 is 23.4 Å². The molecule has 4 aliphatic heterocycles. The SMILES string of the molecule is CCCCCN1CC=C[C@]23O[C@H]4C=CCN(c5ccc(OCC)cc5)C(=O)[C@H]4[C@H]2C(=O)N(CCCO)C3C1=O. The van der Waals surface area contributed by atoms with Crippen LogP contribution in [0.5, 0.6) is 5.75 Å². The minimum Gasteiger partial charge on any atom is -0.494 e. The Morgan fingerprint density at radius 3 is 2.49 bits per heavy atom. The molecular weight excluding hydrogens is 498 g/mol. The summed E-state index contributed by atoms with van der Waals surface area (Å²) < 4.78 is 12.2. The van der Waals surface area contributed by atoms with Crippen molar-refractivity contribution in [1.82, 2.24) is 9.80 Å². The Bertz CT molecular complexity index is 1130. The normalized spacial score (nSPS) is 29.8. The van der Waals surface area contributed by atoms with Crippen molar-refractivity contribution in [2.75, 3.05) is 44.3 Å². The van der Waals surface area contributed by atoms with E-state index in [4.69, 9.17) is 9.47 Å². The Morgan fingerprint density at radius 1 is 0.974 bits per heavy atom. The van der Waals surface area contributed by atoms with Gasteiger partial charge in [0.15, 0.2) is 0 Å². The minimum absolute atomic E-state index is 0.0987. The molecule has 3 amide bonds. The second kappa shape index (κ2) is 11.5. The fourth-order valence-electron chi connectivity index (χ4n) is 6.54. The highest BCUT2D eigenvalue weighted by atomic mass is 16.5. The number of hydrogen-bond donors (Lipinski definition) is 1. The maximum Gasteiger partial charge on any atom is 0.249 e. The molecule has 1 N–H and O–H groups in total. The van der Waals surface area contributed by atoms with Crippen molar-refractivity contribution < 1.29 is 29.0 Å². The maximum atomic E-state index is 14.2. The van der Waals surface area contributed by atoms with Gasteiger partial charge in [-0.1, -0.05) is 44.1 Å². The molecule has 9 heteroatoms. The lowest BCUT2D eigenvalue weighted by atomic mass is 9.77. The summed E-state index contributed by atoms with van der Waals surface area (Å²) in [5.74, 6) is -1.49. The van der Waals surface area contributed by atoms with Crippen molar-refractivity contribution in [1.29, 1.82) is 0 Å². The van der Waals surface area contributed by atoms with E-state index in [1.165, 1.54) is 0 Å². The number of likely N-dealkylation sites (tertiary alicyclic amines) is 1. The summed E-state index contributed by atoms with van der Waals surface area (Å²) >= 11 is 0. The number of anilines is 1. The Labute approximate surface area is 230 Å². The zero-order chi connectivity index (χ0) is 27.6. The molecule has 5 atom stereocenters. The Hall–Kier alpha value is -3.17. The zero-order valence-corrected chi connectivity index (χ0v) is 22.8. The molecule has 210 valence electrons. The van der Waals surface area contributed by atoms with E-state index in [0.717, 1.165) is 25.0 Å². The first kappa shape index (κ1) is 27.4. The molecule has 1 aromatic carbocycles. The summed E-state index contributed by atoms with van der Waals surface area (Å²) in [7, 11) is 0. The molecule has 4 heterocycles. The van der Waals surface area contributed by atoms with E-state index in [2.05, 4.69) is 6.92 Å². The lowest BCUT2D eigenvalue weighted by molar-refractivity contribution is -0.147. The largest absolute Gasteiger partial charge is 0.494 e. The van der Waals surface area contributed by atoms with Gasteiger partial charge in [-0.25, -0.2) is 0 Å². The molecule has 1 spiro atoms. The van der Waals surface area contributed by atoms with Crippen LogP contribution in [0.25, 0.3) is 0 Å². The lowest BCUT2D eigenvalue weighted by Crippen LogP contribution is -2.55. The second-order valence-corrected chi connectivity index (χ2v) is 10.6. The molecule has 5 rings (SSSR count). The average Bonchev–Trinajstić information content (AvgIpc) is 3.25.